The molecule has 0 radical (unpaired) electrons. The molecule has 1 aromatic rings. The van der Waals surface area contributed by atoms with Gasteiger partial charge in [0.1, 0.15) is 11.7 Å². The van der Waals surface area contributed by atoms with Crippen LogP contribution in [-0.2, 0) is 35.2 Å². The van der Waals surface area contributed by atoms with Crippen molar-refractivity contribution in [2.45, 2.75) is 25.9 Å². The van der Waals surface area contributed by atoms with Crippen LogP contribution >= 0.6 is 0 Å². The van der Waals surface area contributed by atoms with Crippen LogP contribution in [0.4, 0.5) is 0 Å². The topological polar surface area (TPSA) is 102 Å². The first kappa shape index (κ1) is 19.2. The van der Waals surface area contributed by atoms with Crippen molar-refractivity contribution in [1.29, 1.82) is 0 Å². The van der Waals surface area contributed by atoms with Gasteiger partial charge in [0.05, 0.1) is 26.3 Å². The number of benzene rings is 1. The molecule has 1 heterocycles. The van der Waals surface area contributed by atoms with Gasteiger partial charge in [0, 0.05) is 13.3 Å². The van der Waals surface area contributed by atoms with E-state index in [1.165, 1.54) is 14.0 Å². The Hall–Kier alpha value is -3.16. The lowest BCUT2D eigenvalue weighted by Crippen LogP contribution is -2.52. The largest absolute Gasteiger partial charge is 0.466 e. The van der Waals surface area contributed by atoms with Gasteiger partial charge in [-0.25, -0.2) is 9.59 Å². The van der Waals surface area contributed by atoms with Gasteiger partial charge >= 0.3 is 11.9 Å². The molecule has 1 aromatic carbocycles. The predicted molar refractivity (Wildman–Crippen MR) is 90.3 cm³/mol. The van der Waals surface area contributed by atoms with E-state index < -0.39 is 29.8 Å². The summed E-state index contributed by atoms with van der Waals surface area (Å²) in [5, 5.41) is 2.51. The van der Waals surface area contributed by atoms with E-state index in [0.29, 0.717) is 0 Å². The number of methoxy groups -OCH3 is 2. The molecule has 0 bridgehead atoms. The number of amides is 2. The van der Waals surface area contributed by atoms with E-state index in [2.05, 4.69) is 5.32 Å². The molecule has 26 heavy (non-hydrogen) atoms. The molecule has 1 N–H and O–H groups in total. The van der Waals surface area contributed by atoms with Crippen molar-refractivity contribution in [2.75, 3.05) is 14.2 Å². The fourth-order valence-corrected chi connectivity index (χ4v) is 2.76. The molecule has 0 saturated carbocycles. The van der Waals surface area contributed by atoms with Crippen LogP contribution in [0.5, 0.6) is 0 Å². The van der Waals surface area contributed by atoms with Crippen molar-refractivity contribution in [3.63, 3.8) is 0 Å². The van der Waals surface area contributed by atoms with Gasteiger partial charge in [0.15, 0.2) is 0 Å². The maximum Gasteiger partial charge on any atom is 0.355 e. The van der Waals surface area contributed by atoms with Crippen LogP contribution < -0.4 is 5.32 Å². The van der Waals surface area contributed by atoms with Gasteiger partial charge in [-0.15, -0.1) is 0 Å². The van der Waals surface area contributed by atoms with Crippen LogP contribution in [0.3, 0.4) is 0 Å². The molecule has 0 spiro atoms. The first-order chi connectivity index (χ1) is 12.4. The number of hydrogen-bond acceptors (Lipinski definition) is 6. The second kappa shape index (κ2) is 8.28. The van der Waals surface area contributed by atoms with E-state index in [4.69, 9.17) is 9.47 Å². The summed E-state index contributed by atoms with van der Waals surface area (Å²) < 4.78 is 9.51. The smallest absolute Gasteiger partial charge is 0.355 e. The molecular weight excluding hydrogens is 340 g/mol. The van der Waals surface area contributed by atoms with Gasteiger partial charge < -0.3 is 14.8 Å². The van der Waals surface area contributed by atoms with Crippen molar-refractivity contribution in [3.8, 4) is 0 Å². The average molecular weight is 360 g/mol. The Morgan fingerprint density at radius 2 is 1.73 bits per heavy atom. The van der Waals surface area contributed by atoms with Crippen LogP contribution in [0.2, 0.25) is 0 Å². The summed E-state index contributed by atoms with van der Waals surface area (Å²) in [6.45, 7) is 1.31. The minimum absolute atomic E-state index is 0.0198. The first-order valence-corrected chi connectivity index (χ1v) is 7.91. The molecule has 1 aliphatic heterocycles. The third-order valence-corrected chi connectivity index (χ3v) is 3.90. The highest BCUT2D eigenvalue weighted by Gasteiger charge is 2.41. The molecule has 138 valence electrons. The number of rotatable bonds is 5. The van der Waals surface area contributed by atoms with Crippen LogP contribution in [-0.4, -0.2) is 48.9 Å². The van der Waals surface area contributed by atoms with Crippen LogP contribution in [0.15, 0.2) is 41.6 Å². The molecule has 1 unspecified atom stereocenters. The Balaban J connectivity index is 2.54. The van der Waals surface area contributed by atoms with E-state index >= 15 is 0 Å². The monoisotopic (exact) mass is 360 g/mol. The van der Waals surface area contributed by atoms with Crippen molar-refractivity contribution in [2.24, 2.45) is 0 Å². The normalized spacial score (nSPS) is 17.0. The Kier molecular flexibility index (Phi) is 6.11. The molecule has 0 saturated heterocycles. The maximum absolute atomic E-state index is 12.9. The lowest BCUT2D eigenvalue weighted by molar-refractivity contribution is -0.146. The Bertz CT molecular complexity index is 756. The standard InChI is InChI=1S/C18H20N2O6/c1-11(21)19-14-9-13(17(23)25-2)15(18(24)26-3)20(16(14)22)10-12-7-5-4-6-8-12/h4-8,14H,9-10H2,1-3H3,(H,19,21). The third kappa shape index (κ3) is 4.08. The van der Waals surface area contributed by atoms with Crippen molar-refractivity contribution in [1.82, 2.24) is 10.2 Å². The summed E-state index contributed by atoms with van der Waals surface area (Å²) >= 11 is 0. The number of nitrogens with one attached hydrogen (secondary N) is 1. The van der Waals surface area contributed by atoms with E-state index in [1.54, 1.807) is 24.3 Å². The number of carbonyl (C=O) groups is 4. The third-order valence-electron chi connectivity index (χ3n) is 3.90. The predicted octanol–water partition coefficient (Wildman–Crippen LogP) is 0.524. The lowest BCUT2D eigenvalue weighted by Gasteiger charge is -2.34. The molecule has 8 heteroatoms. The van der Waals surface area contributed by atoms with E-state index in [0.717, 1.165) is 17.6 Å². The zero-order valence-electron chi connectivity index (χ0n) is 14.8. The second-order valence-corrected chi connectivity index (χ2v) is 5.68. The van der Waals surface area contributed by atoms with Gasteiger partial charge in [-0.05, 0) is 5.56 Å². The summed E-state index contributed by atoms with van der Waals surface area (Å²) in [5.74, 6) is -2.51. The zero-order valence-corrected chi connectivity index (χ0v) is 14.8. The van der Waals surface area contributed by atoms with Crippen LogP contribution in [0, 0.1) is 0 Å². The van der Waals surface area contributed by atoms with E-state index in [1.807, 2.05) is 6.07 Å². The summed E-state index contributed by atoms with van der Waals surface area (Å²) in [5.41, 5.74) is 0.554. The van der Waals surface area contributed by atoms with E-state index in [9.17, 15) is 19.2 Å². The van der Waals surface area contributed by atoms with Crippen molar-refractivity contribution in [3.05, 3.63) is 47.2 Å². The average Bonchev–Trinajstić information content (AvgIpc) is 2.64. The molecule has 8 nitrogen and oxygen atoms in total. The summed E-state index contributed by atoms with van der Waals surface area (Å²) in [6.07, 6.45) is -0.152. The molecule has 2 amide bonds. The van der Waals surface area contributed by atoms with Gasteiger partial charge in [0.25, 0.3) is 0 Å². The van der Waals surface area contributed by atoms with Gasteiger partial charge in [-0.1, -0.05) is 30.3 Å². The Morgan fingerprint density at radius 3 is 2.27 bits per heavy atom. The fraction of sp³-hybridized carbons (Fsp3) is 0.333. The molecule has 0 aliphatic carbocycles. The molecule has 1 atom stereocenters. The molecular formula is C18H20N2O6. The first-order valence-electron chi connectivity index (χ1n) is 7.91. The van der Waals surface area contributed by atoms with Crippen LogP contribution in [0.1, 0.15) is 18.9 Å². The minimum Gasteiger partial charge on any atom is -0.466 e. The molecule has 1 aliphatic rings. The Morgan fingerprint density at radius 1 is 1.12 bits per heavy atom. The summed E-state index contributed by atoms with van der Waals surface area (Å²) in [6, 6.07) is 7.98. The van der Waals surface area contributed by atoms with Gasteiger partial charge in [0.2, 0.25) is 11.8 Å². The number of ether oxygens (including phenoxy) is 2. The molecule has 0 fully saturated rings. The van der Waals surface area contributed by atoms with E-state index in [-0.39, 0.29) is 24.2 Å². The van der Waals surface area contributed by atoms with Crippen molar-refractivity contribution >= 4 is 23.8 Å². The highest BCUT2D eigenvalue weighted by Crippen LogP contribution is 2.27. The van der Waals surface area contributed by atoms with Crippen LogP contribution in [0.25, 0.3) is 0 Å². The van der Waals surface area contributed by atoms with Crippen molar-refractivity contribution < 1.29 is 28.7 Å². The SMILES string of the molecule is COC(=O)C1=C(C(=O)OC)N(Cc2ccccc2)C(=O)C(NC(C)=O)C1. The highest BCUT2D eigenvalue weighted by molar-refractivity contribution is 6.06. The van der Waals surface area contributed by atoms with Gasteiger partial charge in [-0.3, -0.25) is 14.5 Å². The Labute approximate surface area is 150 Å². The quantitative estimate of drug-likeness (QED) is 0.768. The zero-order chi connectivity index (χ0) is 19.3. The molecule has 0 aromatic heterocycles. The number of esters is 2. The number of nitrogens with zero attached hydrogens (tertiary/aromatic N) is 1. The highest BCUT2D eigenvalue weighted by atomic mass is 16.5. The van der Waals surface area contributed by atoms with Gasteiger partial charge in [-0.2, -0.15) is 0 Å². The summed E-state index contributed by atoms with van der Waals surface area (Å²) in [7, 11) is 2.34. The number of hydrogen-bond donors (Lipinski definition) is 1. The minimum atomic E-state index is -0.973. The molecule has 2 rings (SSSR count). The fourth-order valence-electron chi connectivity index (χ4n) is 2.76. The number of carbonyl (C=O) groups excluding carboxylic acids is 4. The lowest BCUT2D eigenvalue weighted by atomic mass is 9.96. The second-order valence-electron chi connectivity index (χ2n) is 5.68. The summed E-state index contributed by atoms with van der Waals surface area (Å²) in [4.78, 5) is 50.0. The maximum atomic E-state index is 12.9.